The Bertz CT molecular complexity index is 694. The highest BCUT2D eigenvalue weighted by Gasteiger charge is 2.39. The monoisotopic (exact) mass is 339 g/mol. The summed E-state index contributed by atoms with van der Waals surface area (Å²) in [6.07, 6.45) is 1.01. The molecule has 2 aromatic carbocycles. The number of fused-ring (bicyclic) bond motifs is 1. The number of hydrogen-bond acceptors (Lipinski definition) is 1. The van der Waals surface area contributed by atoms with E-state index in [-0.39, 0.29) is 11.5 Å². The van der Waals surface area contributed by atoms with Crippen LogP contribution < -0.4 is 5.32 Å². The van der Waals surface area contributed by atoms with Crippen LogP contribution in [-0.2, 0) is 6.42 Å². The minimum Gasteiger partial charge on any atom is -0.376 e. The molecule has 110 valence electrons. The average molecular weight is 341 g/mol. The molecule has 4 heteroatoms. The normalized spacial score (nSPS) is 19.4. The summed E-state index contributed by atoms with van der Waals surface area (Å²) < 4.78 is 0. The third-order valence-electron chi connectivity index (χ3n) is 4.07. The Hall–Kier alpha value is -0.890. The molecule has 1 unspecified atom stereocenters. The summed E-state index contributed by atoms with van der Waals surface area (Å²) in [5, 5.41) is 5.65. The fraction of sp³-hybridized carbons (Fsp3) is 0.294. The molecule has 1 N–H and O–H groups in total. The molecular formula is C17H16Cl3N. The molecule has 0 amide bonds. The summed E-state index contributed by atoms with van der Waals surface area (Å²) in [6.45, 7) is 4.49. The van der Waals surface area contributed by atoms with Crippen molar-refractivity contribution in [3.63, 3.8) is 0 Å². The van der Waals surface area contributed by atoms with Gasteiger partial charge in [0.25, 0.3) is 0 Å². The highest BCUT2D eigenvalue weighted by atomic mass is 35.5. The van der Waals surface area contributed by atoms with E-state index >= 15 is 0 Å². The lowest BCUT2D eigenvalue weighted by atomic mass is 9.85. The first-order valence-electron chi connectivity index (χ1n) is 6.87. The zero-order valence-electron chi connectivity index (χ0n) is 11.9. The van der Waals surface area contributed by atoms with E-state index in [1.807, 2.05) is 24.3 Å². The van der Waals surface area contributed by atoms with E-state index in [1.54, 1.807) is 6.07 Å². The van der Waals surface area contributed by atoms with Crippen molar-refractivity contribution in [1.82, 2.24) is 0 Å². The maximum Gasteiger partial charge on any atom is 0.0638 e. The number of hydrogen-bond donors (Lipinski definition) is 1. The van der Waals surface area contributed by atoms with E-state index in [2.05, 4.69) is 25.2 Å². The zero-order valence-corrected chi connectivity index (χ0v) is 14.2. The summed E-state index contributed by atoms with van der Waals surface area (Å²) in [5.41, 5.74) is 3.51. The van der Waals surface area contributed by atoms with Gasteiger partial charge in [0, 0.05) is 10.0 Å². The third kappa shape index (κ3) is 2.88. The maximum absolute atomic E-state index is 6.28. The van der Waals surface area contributed by atoms with Crippen LogP contribution in [0.25, 0.3) is 0 Å². The Morgan fingerprint density at radius 3 is 2.43 bits per heavy atom. The Kier molecular flexibility index (Phi) is 3.85. The van der Waals surface area contributed by atoms with Gasteiger partial charge in [0.1, 0.15) is 0 Å². The molecule has 21 heavy (non-hydrogen) atoms. The molecule has 0 fully saturated rings. The Balaban J connectivity index is 2.01. The SMILES string of the molecule is CC1(C)Cc2ccc(Cl)cc2C1Nc1cc(Cl)ccc1Cl. The van der Waals surface area contributed by atoms with Crippen molar-refractivity contribution >= 4 is 40.5 Å². The smallest absolute Gasteiger partial charge is 0.0638 e. The Morgan fingerprint density at radius 2 is 1.67 bits per heavy atom. The summed E-state index contributed by atoms with van der Waals surface area (Å²) in [7, 11) is 0. The van der Waals surface area contributed by atoms with Crippen molar-refractivity contribution in [2.75, 3.05) is 5.32 Å². The topological polar surface area (TPSA) is 12.0 Å². The van der Waals surface area contributed by atoms with E-state index in [4.69, 9.17) is 34.8 Å². The predicted molar refractivity (Wildman–Crippen MR) is 91.8 cm³/mol. The minimum atomic E-state index is 0.0820. The molecule has 1 nitrogen and oxygen atoms in total. The fourth-order valence-electron chi connectivity index (χ4n) is 3.05. The fourth-order valence-corrected chi connectivity index (χ4v) is 3.57. The first-order valence-corrected chi connectivity index (χ1v) is 8.00. The lowest BCUT2D eigenvalue weighted by Crippen LogP contribution is -2.24. The second-order valence-corrected chi connectivity index (χ2v) is 7.49. The minimum absolute atomic E-state index is 0.0820. The summed E-state index contributed by atoms with van der Waals surface area (Å²) in [6, 6.07) is 11.7. The number of nitrogens with one attached hydrogen (secondary N) is 1. The number of rotatable bonds is 2. The number of halogens is 3. The van der Waals surface area contributed by atoms with Crippen LogP contribution in [0, 0.1) is 5.41 Å². The molecule has 0 bridgehead atoms. The molecule has 0 saturated heterocycles. The standard InChI is InChI=1S/C17H16Cl3N/c1-17(2)9-10-3-4-11(18)7-13(10)16(17)21-15-8-12(19)5-6-14(15)20/h3-8,16,21H,9H2,1-2H3. The molecule has 3 rings (SSSR count). The molecule has 0 saturated carbocycles. The molecule has 0 aromatic heterocycles. The third-order valence-corrected chi connectivity index (χ3v) is 4.87. The van der Waals surface area contributed by atoms with Gasteiger partial charge in [-0.25, -0.2) is 0 Å². The van der Waals surface area contributed by atoms with Gasteiger partial charge in [-0.05, 0) is 53.3 Å². The molecule has 1 aliphatic carbocycles. The van der Waals surface area contributed by atoms with Crippen LogP contribution in [0.15, 0.2) is 36.4 Å². The second-order valence-electron chi connectivity index (χ2n) is 6.21. The van der Waals surface area contributed by atoms with Crippen molar-refractivity contribution < 1.29 is 0 Å². The van der Waals surface area contributed by atoms with Gasteiger partial charge in [-0.3, -0.25) is 0 Å². The largest absolute Gasteiger partial charge is 0.376 e. The molecule has 0 heterocycles. The number of anilines is 1. The quantitative estimate of drug-likeness (QED) is 0.668. The van der Waals surface area contributed by atoms with Crippen LogP contribution in [0.2, 0.25) is 15.1 Å². The molecule has 2 aromatic rings. The van der Waals surface area contributed by atoms with E-state index in [0.717, 1.165) is 17.1 Å². The Labute approximate surface area is 140 Å². The first kappa shape index (κ1) is 15.0. The van der Waals surface area contributed by atoms with Crippen LogP contribution in [0.1, 0.15) is 31.0 Å². The lowest BCUT2D eigenvalue weighted by Gasteiger charge is -2.30. The average Bonchev–Trinajstić information content (AvgIpc) is 2.65. The summed E-state index contributed by atoms with van der Waals surface area (Å²) >= 11 is 18.5. The number of benzene rings is 2. The van der Waals surface area contributed by atoms with Gasteiger partial charge in [0.05, 0.1) is 16.8 Å². The van der Waals surface area contributed by atoms with Crippen LogP contribution >= 0.6 is 34.8 Å². The maximum atomic E-state index is 6.28. The Morgan fingerprint density at radius 1 is 1.00 bits per heavy atom. The van der Waals surface area contributed by atoms with Crippen LogP contribution in [0.3, 0.4) is 0 Å². The van der Waals surface area contributed by atoms with Gasteiger partial charge >= 0.3 is 0 Å². The summed E-state index contributed by atoms with van der Waals surface area (Å²) in [4.78, 5) is 0. The van der Waals surface area contributed by atoms with Crippen molar-refractivity contribution in [2.24, 2.45) is 5.41 Å². The zero-order chi connectivity index (χ0) is 15.2. The second kappa shape index (κ2) is 5.39. The van der Waals surface area contributed by atoms with Gasteiger partial charge in [0.15, 0.2) is 0 Å². The van der Waals surface area contributed by atoms with Gasteiger partial charge in [0.2, 0.25) is 0 Å². The predicted octanol–water partition coefficient (Wildman–Crippen LogP) is 6.38. The lowest BCUT2D eigenvalue weighted by molar-refractivity contribution is 0.337. The highest BCUT2D eigenvalue weighted by Crippen LogP contribution is 2.48. The molecule has 1 aliphatic rings. The van der Waals surface area contributed by atoms with Crippen LogP contribution in [0.4, 0.5) is 5.69 Å². The first-order chi connectivity index (χ1) is 9.87. The van der Waals surface area contributed by atoms with Crippen molar-refractivity contribution in [2.45, 2.75) is 26.3 Å². The van der Waals surface area contributed by atoms with E-state index < -0.39 is 0 Å². The van der Waals surface area contributed by atoms with Gasteiger partial charge < -0.3 is 5.32 Å². The molecule has 0 spiro atoms. The van der Waals surface area contributed by atoms with E-state index in [1.165, 1.54) is 11.1 Å². The van der Waals surface area contributed by atoms with E-state index in [9.17, 15) is 0 Å². The summed E-state index contributed by atoms with van der Waals surface area (Å²) in [5.74, 6) is 0. The van der Waals surface area contributed by atoms with Gasteiger partial charge in [-0.2, -0.15) is 0 Å². The van der Waals surface area contributed by atoms with Crippen molar-refractivity contribution in [3.8, 4) is 0 Å². The van der Waals surface area contributed by atoms with Gasteiger partial charge in [-0.1, -0.05) is 54.7 Å². The van der Waals surface area contributed by atoms with Gasteiger partial charge in [-0.15, -0.1) is 0 Å². The van der Waals surface area contributed by atoms with Crippen LogP contribution in [-0.4, -0.2) is 0 Å². The molecule has 0 radical (unpaired) electrons. The molecular weight excluding hydrogens is 325 g/mol. The van der Waals surface area contributed by atoms with Crippen molar-refractivity contribution in [1.29, 1.82) is 0 Å². The van der Waals surface area contributed by atoms with E-state index in [0.29, 0.717) is 10.0 Å². The highest BCUT2D eigenvalue weighted by molar-refractivity contribution is 6.35. The molecule has 0 aliphatic heterocycles. The van der Waals surface area contributed by atoms with Crippen LogP contribution in [0.5, 0.6) is 0 Å². The van der Waals surface area contributed by atoms with Crippen molar-refractivity contribution in [3.05, 3.63) is 62.6 Å². The molecule has 1 atom stereocenters.